The Morgan fingerprint density at radius 2 is 0.878 bits per heavy atom. The molecule has 4 rings (SSSR count). The van der Waals surface area contributed by atoms with Gasteiger partial charge in [-0.2, -0.15) is 0 Å². The minimum absolute atomic E-state index is 0.123. The van der Waals surface area contributed by atoms with Crippen molar-refractivity contribution in [1.82, 2.24) is 0 Å². The van der Waals surface area contributed by atoms with Gasteiger partial charge in [0.15, 0.2) is 0 Å². The first-order chi connectivity index (χ1) is 19.2. The summed E-state index contributed by atoms with van der Waals surface area (Å²) in [6, 6.07) is 33.4. The van der Waals surface area contributed by atoms with Crippen LogP contribution in [-0.4, -0.2) is 43.0 Å². The smallest absolute Gasteiger partial charge is 0.305 e. The van der Waals surface area contributed by atoms with Crippen LogP contribution in [0.15, 0.2) is 97.1 Å². The molecule has 1 N–H and O–H groups in total. The number of hydrogen-bond acceptors (Lipinski definition) is 6. The second kappa shape index (κ2) is 25.7. The van der Waals surface area contributed by atoms with E-state index in [0.29, 0.717) is 12.7 Å². The predicted molar refractivity (Wildman–Crippen MR) is 175 cm³/mol. The van der Waals surface area contributed by atoms with E-state index in [2.05, 4.69) is 102 Å². The topological polar surface area (TPSA) is 104 Å². The van der Waals surface area contributed by atoms with E-state index in [0.717, 1.165) is 6.42 Å². The minimum Gasteiger partial charge on any atom is -0.748 e. The Kier molecular flexibility index (Phi) is 26.4. The van der Waals surface area contributed by atoms with Crippen molar-refractivity contribution in [2.45, 2.75) is 73.8 Å². The van der Waals surface area contributed by atoms with E-state index in [9.17, 15) is 4.79 Å². The molecule has 4 aromatic rings. The molecule has 7 heteroatoms. The fourth-order valence-corrected chi connectivity index (χ4v) is 2.57. The Labute approximate surface area is 249 Å². The summed E-state index contributed by atoms with van der Waals surface area (Å²) in [5.41, 5.74) is -0.500. The number of ether oxygens (including phenoxy) is 1. The highest BCUT2D eigenvalue weighted by molar-refractivity contribution is 7.84. The lowest BCUT2D eigenvalue weighted by Crippen LogP contribution is -2.10. The lowest BCUT2D eigenvalue weighted by molar-refractivity contribution is -0.140. The average Bonchev–Trinajstić information content (AvgIpc) is 2.94. The summed E-state index contributed by atoms with van der Waals surface area (Å²) in [7, 11) is -2.52. The summed E-state index contributed by atoms with van der Waals surface area (Å²) >= 11 is 0. The van der Waals surface area contributed by atoms with Gasteiger partial charge in [-0.25, -0.2) is 8.42 Å². The summed E-state index contributed by atoms with van der Waals surface area (Å²) in [5.74, 6) is -0.123. The molecule has 41 heavy (non-hydrogen) atoms. The van der Waals surface area contributed by atoms with Gasteiger partial charge in [-0.15, -0.1) is 0 Å². The SMILES string of the molecule is CC.CC.CC(C)(C)O.CCCC(=O)OC.CS(=O)(=O)[O-].c1ccc2ccccc2c1.c1ccc2ccccc2c1. The fraction of sp³-hybridized carbons (Fsp3) is 0.382. The molecule has 0 aliphatic carbocycles. The molecule has 0 atom stereocenters. The Hall–Kier alpha value is -3.26. The van der Waals surface area contributed by atoms with Gasteiger partial charge in [0, 0.05) is 12.7 Å². The van der Waals surface area contributed by atoms with E-state index in [4.69, 9.17) is 18.1 Å². The highest BCUT2D eigenvalue weighted by Crippen LogP contribution is 2.12. The number of methoxy groups -OCH3 is 1. The van der Waals surface area contributed by atoms with Gasteiger partial charge in [0.1, 0.15) is 0 Å². The maximum atomic E-state index is 10.2. The number of carbonyl (C=O) groups is 1. The molecule has 0 aliphatic heterocycles. The van der Waals surface area contributed by atoms with Crippen molar-refractivity contribution in [2.75, 3.05) is 13.4 Å². The van der Waals surface area contributed by atoms with Gasteiger partial charge in [0.25, 0.3) is 0 Å². The molecular weight excluding hydrogens is 536 g/mol. The van der Waals surface area contributed by atoms with Crippen molar-refractivity contribution in [3.05, 3.63) is 97.1 Å². The molecule has 0 unspecified atom stereocenters. The number of aliphatic hydroxyl groups is 1. The summed E-state index contributed by atoms with van der Waals surface area (Å²) in [6.07, 6.45) is 2.01. The normalized spacial score (nSPS) is 9.46. The number of esters is 1. The molecule has 0 radical (unpaired) electrons. The Bertz CT molecular complexity index is 1060. The largest absolute Gasteiger partial charge is 0.748 e. The Morgan fingerprint density at radius 3 is 0.976 bits per heavy atom. The third-order valence-electron chi connectivity index (χ3n) is 4.00. The van der Waals surface area contributed by atoms with Crippen LogP contribution in [0.4, 0.5) is 0 Å². The molecule has 4 aromatic carbocycles. The maximum absolute atomic E-state index is 10.2. The monoisotopic (exact) mass is 587 g/mol. The molecular formula is C34H51O6S-. The molecule has 0 bridgehead atoms. The summed E-state index contributed by atoms with van der Waals surface area (Å²) in [5, 5.41) is 13.8. The van der Waals surface area contributed by atoms with Crippen LogP contribution in [0.3, 0.4) is 0 Å². The van der Waals surface area contributed by atoms with Crippen molar-refractivity contribution in [1.29, 1.82) is 0 Å². The molecule has 0 spiro atoms. The number of fused-ring (bicyclic) bond motifs is 2. The summed E-state index contributed by atoms with van der Waals surface area (Å²) in [6.45, 7) is 15.2. The van der Waals surface area contributed by atoms with Gasteiger partial charge < -0.3 is 14.4 Å². The van der Waals surface area contributed by atoms with Crippen LogP contribution in [0.2, 0.25) is 0 Å². The van der Waals surface area contributed by atoms with Crippen LogP contribution in [-0.2, 0) is 19.6 Å². The first-order valence-corrected chi connectivity index (χ1v) is 15.6. The minimum atomic E-state index is -3.92. The third kappa shape index (κ3) is 31.1. The molecule has 230 valence electrons. The summed E-state index contributed by atoms with van der Waals surface area (Å²) in [4.78, 5) is 10.2. The first kappa shape index (κ1) is 42.2. The van der Waals surface area contributed by atoms with Crippen molar-refractivity contribution >= 4 is 37.6 Å². The first-order valence-electron chi connectivity index (χ1n) is 13.8. The molecule has 0 fully saturated rings. The molecule has 0 amide bonds. The van der Waals surface area contributed by atoms with E-state index < -0.39 is 15.7 Å². The molecule has 0 saturated heterocycles. The zero-order valence-electron chi connectivity index (χ0n) is 26.5. The van der Waals surface area contributed by atoms with Crippen LogP contribution in [0.25, 0.3) is 21.5 Å². The third-order valence-corrected chi connectivity index (χ3v) is 4.00. The highest BCUT2D eigenvalue weighted by atomic mass is 32.2. The zero-order chi connectivity index (χ0) is 32.3. The lowest BCUT2D eigenvalue weighted by atomic mass is 10.1. The van der Waals surface area contributed by atoms with E-state index in [1.54, 1.807) is 20.8 Å². The van der Waals surface area contributed by atoms with Crippen LogP contribution in [0.1, 0.15) is 68.2 Å². The number of benzene rings is 4. The number of carbonyl (C=O) groups excluding carboxylic acids is 1. The van der Waals surface area contributed by atoms with E-state index >= 15 is 0 Å². The fourth-order valence-electron chi connectivity index (χ4n) is 2.57. The summed E-state index contributed by atoms with van der Waals surface area (Å²) < 4.78 is 31.6. The molecule has 0 heterocycles. The maximum Gasteiger partial charge on any atom is 0.305 e. The zero-order valence-corrected chi connectivity index (χ0v) is 27.4. The van der Waals surface area contributed by atoms with Crippen molar-refractivity contribution in [2.24, 2.45) is 0 Å². The second-order valence-corrected chi connectivity index (χ2v) is 10.3. The second-order valence-electron chi connectivity index (χ2n) is 8.90. The Morgan fingerprint density at radius 1 is 0.707 bits per heavy atom. The number of rotatable bonds is 2. The molecule has 6 nitrogen and oxygen atoms in total. The quantitative estimate of drug-likeness (QED) is 0.186. The van der Waals surface area contributed by atoms with Gasteiger partial charge in [0.2, 0.25) is 0 Å². The van der Waals surface area contributed by atoms with Crippen LogP contribution in [0.5, 0.6) is 0 Å². The van der Waals surface area contributed by atoms with Crippen molar-refractivity contribution in [3.63, 3.8) is 0 Å². The molecule has 0 aliphatic rings. The van der Waals surface area contributed by atoms with Gasteiger partial charge >= 0.3 is 5.97 Å². The highest BCUT2D eigenvalue weighted by Gasteiger charge is 1.98. The Balaban J connectivity index is -0.000000441. The average molecular weight is 588 g/mol. The van der Waals surface area contributed by atoms with Crippen LogP contribution in [0, 0.1) is 0 Å². The van der Waals surface area contributed by atoms with Gasteiger partial charge in [-0.05, 0) is 48.7 Å². The molecule has 0 aromatic heterocycles. The standard InChI is InChI=1S/2C10H8.C5H10O2.C4H10O.2C2H6.CH4O3S/c2*1-2-6-10-8-4-3-7-9(10)5-1;1-3-4-5(6)7-2;1-4(2,3)5;2*1-2;1-5(2,3)4/h2*1-8H;3-4H2,1-2H3;5H,1-3H3;2*1-2H3;1H3,(H,2,3,4)/p-1. The lowest BCUT2D eigenvalue weighted by Gasteiger charge is -2.04. The van der Waals surface area contributed by atoms with Crippen molar-refractivity contribution in [3.8, 4) is 0 Å². The van der Waals surface area contributed by atoms with Crippen LogP contribution >= 0.6 is 0 Å². The predicted octanol–water partition coefficient (Wildman–Crippen LogP) is 8.63. The van der Waals surface area contributed by atoms with E-state index in [-0.39, 0.29) is 5.97 Å². The van der Waals surface area contributed by atoms with Crippen molar-refractivity contribution < 1.29 is 27.6 Å². The van der Waals surface area contributed by atoms with E-state index in [1.807, 2.05) is 34.6 Å². The van der Waals surface area contributed by atoms with Gasteiger partial charge in [0.05, 0.1) is 22.8 Å². The van der Waals surface area contributed by atoms with Crippen LogP contribution < -0.4 is 0 Å². The van der Waals surface area contributed by atoms with E-state index in [1.165, 1.54) is 28.7 Å². The number of hydrogen-bond donors (Lipinski definition) is 1. The molecule has 0 saturated carbocycles. The van der Waals surface area contributed by atoms with Gasteiger partial charge in [-0.3, -0.25) is 4.79 Å². The van der Waals surface area contributed by atoms with Gasteiger partial charge in [-0.1, -0.05) is 132 Å².